The number of sulfonamides is 1. The Bertz CT molecular complexity index is 541. The van der Waals surface area contributed by atoms with E-state index in [1.807, 2.05) is 20.8 Å². The Balaban J connectivity index is 2.35. The van der Waals surface area contributed by atoms with Crippen LogP contribution in [0.1, 0.15) is 45.7 Å². The van der Waals surface area contributed by atoms with Crippen LogP contribution in [-0.2, 0) is 15.4 Å². The number of hydrogen-bond donors (Lipinski definition) is 0. The smallest absolute Gasteiger partial charge is 0.243 e. The Labute approximate surface area is 115 Å². The van der Waals surface area contributed by atoms with Crippen LogP contribution in [0.15, 0.2) is 23.2 Å². The van der Waals surface area contributed by atoms with Gasteiger partial charge in [0, 0.05) is 30.4 Å². The minimum Gasteiger partial charge on any atom is -0.261 e. The Kier molecular flexibility index (Phi) is 3.97. The van der Waals surface area contributed by atoms with Gasteiger partial charge in [0.05, 0.1) is 4.90 Å². The molecule has 0 N–H and O–H groups in total. The van der Waals surface area contributed by atoms with Gasteiger partial charge in [-0.05, 0) is 25.0 Å². The van der Waals surface area contributed by atoms with Crippen molar-refractivity contribution in [3.63, 3.8) is 0 Å². The van der Waals surface area contributed by atoms with Crippen molar-refractivity contribution in [3.8, 4) is 0 Å². The molecule has 0 aliphatic carbocycles. The number of nitrogens with zero attached hydrogens (tertiary/aromatic N) is 2. The summed E-state index contributed by atoms with van der Waals surface area (Å²) in [4.78, 5) is 4.66. The van der Waals surface area contributed by atoms with Crippen LogP contribution in [0, 0.1) is 0 Å². The summed E-state index contributed by atoms with van der Waals surface area (Å²) in [6, 6.07) is 3.31. The van der Waals surface area contributed by atoms with Crippen molar-refractivity contribution in [2.75, 3.05) is 13.1 Å². The molecule has 0 atom stereocenters. The van der Waals surface area contributed by atoms with E-state index in [0.29, 0.717) is 18.0 Å². The maximum atomic E-state index is 12.6. The molecular formula is C14H22N2O2S. The van der Waals surface area contributed by atoms with Gasteiger partial charge in [-0.2, -0.15) is 4.31 Å². The first-order valence-corrected chi connectivity index (χ1v) is 8.22. The van der Waals surface area contributed by atoms with E-state index < -0.39 is 10.0 Å². The molecule has 0 radical (unpaired) electrons. The summed E-state index contributed by atoms with van der Waals surface area (Å²) in [6.07, 6.45) is 4.62. The lowest BCUT2D eigenvalue weighted by atomic mass is 9.92. The quantitative estimate of drug-likeness (QED) is 0.837. The first-order chi connectivity index (χ1) is 8.82. The highest BCUT2D eigenvalue weighted by Gasteiger charge is 2.27. The SMILES string of the molecule is CC(C)(C)c1cc(S(=O)(=O)N2CCCCC2)ccn1. The fourth-order valence-electron chi connectivity index (χ4n) is 2.24. The maximum absolute atomic E-state index is 12.6. The minimum atomic E-state index is -3.35. The van der Waals surface area contributed by atoms with Crippen molar-refractivity contribution >= 4 is 10.0 Å². The average Bonchev–Trinajstić information content (AvgIpc) is 2.39. The Morgan fingerprint density at radius 3 is 2.37 bits per heavy atom. The molecule has 1 aliphatic rings. The molecular weight excluding hydrogens is 260 g/mol. The van der Waals surface area contributed by atoms with Gasteiger partial charge in [-0.25, -0.2) is 8.42 Å². The minimum absolute atomic E-state index is 0.145. The lowest BCUT2D eigenvalue weighted by Gasteiger charge is -2.26. The van der Waals surface area contributed by atoms with Crippen LogP contribution in [0.3, 0.4) is 0 Å². The lowest BCUT2D eigenvalue weighted by molar-refractivity contribution is 0.346. The monoisotopic (exact) mass is 282 g/mol. The third-order valence-corrected chi connectivity index (χ3v) is 5.35. The largest absolute Gasteiger partial charge is 0.261 e. The molecule has 0 aromatic carbocycles. The van der Waals surface area contributed by atoms with E-state index in [1.165, 1.54) is 0 Å². The molecule has 19 heavy (non-hydrogen) atoms. The van der Waals surface area contributed by atoms with E-state index in [4.69, 9.17) is 0 Å². The van der Waals surface area contributed by atoms with Gasteiger partial charge >= 0.3 is 0 Å². The van der Waals surface area contributed by atoms with E-state index in [2.05, 4.69) is 4.98 Å². The van der Waals surface area contributed by atoms with E-state index >= 15 is 0 Å². The molecule has 2 heterocycles. The van der Waals surface area contributed by atoms with Crippen molar-refractivity contribution in [2.45, 2.75) is 50.3 Å². The van der Waals surface area contributed by atoms with Crippen molar-refractivity contribution < 1.29 is 8.42 Å². The molecule has 1 aromatic rings. The number of rotatable bonds is 2. The summed E-state index contributed by atoms with van der Waals surface area (Å²) in [5, 5.41) is 0. The second-order valence-electron chi connectivity index (χ2n) is 6.09. The molecule has 0 unspecified atom stereocenters. The number of aromatic nitrogens is 1. The van der Waals surface area contributed by atoms with Gasteiger partial charge < -0.3 is 0 Å². The van der Waals surface area contributed by atoms with Crippen molar-refractivity contribution in [1.29, 1.82) is 0 Å². The van der Waals surface area contributed by atoms with Gasteiger partial charge in [0.15, 0.2) is 0 Å². The number of pyridine rings is 1. The summed E-state index contributed by atoms with van der Waals surface area (Å²) in [5.74, 6) is 0. The van der Waals surface area contributed by atoms with Crippen LogP contribution in [0.5, 0.6) is 0 Å². The third-order valence-electron chi connectivity index (χ3n) is 3.45. The van der Waals surface area contributed by atoms with Gasteiger partial charge in [-0.1, -0.05) is 27.2 Å². The van der Waals surface area contributed by atoms with Crippen LogP contribution < -0.4 is 0 Å². The first kappa shape index (κ1) is 14.5. The predicted octanol–water partition coefficient (Wildman–Crippen LogP) is 2.55. The lowest BCUT2D eigenvalue weighted by Crippen LogP contribution is -2.35. The van der Waals surface area contributed by atoms with E-state index in [-0.39, 0.29) is 5.41 Å². The molecule has 106 valence electrons. The molecule has 5 heteroatoms. The highest BCUT2D eigenvalue weighted by molar-refractivity contribution is 7.89. The first-order valence-electron chi connectivity index (χ1n) is 6.78. The zero-order valence-corrected chi connectivity index (χ0v) is 12.7. The van der Waals surface area contributed by atoms with Crippen LogP contribution in [0.25, 0.3) is 0 Å². The summed E-state index contributed by atoms with van der Waals surface area (Å²) in [5.41, 5.74) is 0.665. The van der Waals surface area contributed by atoms with E-state index in [9.17, 15) is 8.42 Å². The molecule has 2 rings (SSSR count). The van der Waals surface area contributed by atoms with Crippen molar-refractivity contribution in [1.82, 2.24) is 9.29 Å². The highest BCUT2D eigenvalue weighted by Crippen LogP contribution is 2.25. The number of hydrogen-bond acceptors (Lipinski definition) is 3. The van der Waals surface area contributed by atoms with Crippen LogP contribution in [0.2, 0.25) is 0 Å². The second kappa shape index (κ2) is 5.21. The molecule has 1 aromatic heterocycles. The van der Waals surface area contributed by atoms with Crippen LogP contribution >= 0.6 is 0 Å². The standard InChI is InChI=1S/C14H22N2O2S/c1-14(2,3)13-11-12(7-8-15-13)19(17,18)16-9-5-4-6-10-16/h7-8,11H,4-6,9-10H2,1-3H3. The fraction of sp³-hybridized carbons (Fsp3) is 0.643. The van der Waals surface area contributed by atoms with Gasteiger partial charge in [-0.3, -0.25) is 4.98 Å². The average molecular weight is 282 g/mol. The Morgan fingerprint density at radius 2 is 1.79 bits per heavy atom. The van der Waals surface area contributed by atoms with Crippen LogP contribution in [0.4, 0.5) is 0 Å². The molecule has 1 fully saturated rings. The topological polar surface area (TPSA) is 50.3 Å². The molecule has 1 aliphatic heterocycles. The molecule has 0 amide bonds. The molecule has 0 spiro atoms. The Hall–Kier alpha value is -0.940. The molecule has 1 saturated heterocycles. The summed E-state index contributed by atoms with van der Waals surface area (Å²) in [7, 11) is -3.35. The van der Waals surface area contributed by atoms with Gasteiger partial charge in [0.2, 0.25) is 10.0 Å². The van der Waals surface area contributed by atoms with Crippen molar-refractivity contribution in [2.24, 2.45) is 0 Å². The third kappa shape index (κ3) is 3.15. The van der Waals surface area contributed by atoms with E-state index in [1.54, 1.807) is 22.6 Å². The number of piperidine rings is 1. The predicted molar refractivity (Wildman–Crippen MR) is 75.5 cm³/mol. The van der Waals surface area contributed by atoms with Crippen LogP contribution in [-0.4, -0.2) is 30.8 Å². The fourth-order valence-corrected chi connectivity index (χ4v) is 3.77. The summed E-state index contributed by atoms with van der Waals surface area (Å²) >= 11 is 0. The maximum Gasteiger partial charge on any atom is 0.243 e. The summed E-state index contributed by atoms with van der Waals surface area (Å²) < 4.78 is 26.7. The van der Waals surface area contributed by atoms with Gasteiger partial charge in [-0.15, -0.1) is 0 Å². The molecule has 0 saturated carbocycles. The normalized spacial score (nSPS) is 18.5. The second-order valence-corrected chi connectivity index (χ2v) is 8.03. The van der Waals surface area contributed by atoms with Gasteiger partial charge in [0.25, 0.3) is 0 Å². The molecule has 4 nitrogen and oxygen atoms in total. The zero-order valence-electron chi connectivity index (χ0n) is 11.9. The Morgan fingerprint density at radius 1 is 1.16 bits per heavy atom. The molecule has 0 bridgehead atoms. The summed E-state index contributed by atoms with van der Waals surface area (Å²) in [6.45, 7) is 7.37. The van der Waals surface area contributed by atoms with E-state index in [0.717, 1.165) is 25.0 Å². The van der Waals surface area contributed by atoms with Crippen molar-refractivity contribution in [3.05, 3.63) is 24.0 Å². The highest BCUT2D eigenvalue weighted by atomic mass is 32.2. The zero-order chi connectivity index (χ0) is 14.1. The van der Waals surface area contributed by atoms with Gasteiger partial charge in [0.1, 0.15) is 0 Å².